The Morgan fingerprint density at radius 3 is 2.50 bits per heavy atom. The molecule has 0 spiro atoms. The summed E-state index contributed by atoms with van der Waals surface area (Å²) in [4.78, 5) is 36.0. The van der Waals surface area contributed by atoms with E-state index in [1.165, 1.54) is 0 Å². The highest BCUT2D eigenvalue weighted by Crippen LogP contribution is 2.30. The van der Waals surface area contributed by atoms with Gasteiger partial charge in [0.25, 0.3) is 5.91 Å². The molecule has 2 rings (SSSR count). The zero-order valence-corrected chi connectivity index (χ0v) is 15.0. The fourth-order valence-corrected chi connectivity index (χ4v) is 2.48. The van der Waals surface area contributed by atoms with Crippen LogP contribution in [0.25, 0.3) is 0 Å². The van der Waals surface area contributed by atoms with Crippen molar-refractivity contribution in [2.45, 2.75) is 26.3 Å². The Labute approximate surface area is 154 Å². The number of carbonyl (C=O) groups is 3. The second kappa shape index (κ2) is 9.94. The summed E-state index contributed by atoms with van der Waals surface area (Å²) >= 11 is 0. The van der Waals surface area contributed by atoms with Crippen molar-refractivity contribution in [3.05, 3.63) is 67.0 Å². The van der Waals surface area contributed by atoms with Crippen molar-refractivity contribution in [1.29, 1.82) is 0 Å². The molecule has 2 N–H and O–H groups in total. The van der Waals surface area contributed by atoms with Gasteiger partial charge >= 0.3 is 5.97 Å². The van der Waals surface area contributed by atoms with Crippen LogP contribution in [0.1, 0.15) is 36.2 Å². The van der Waals surface area contributed by atoms with E-state index in [0.717, 1.165) is 11.5 Å². The first-order valence-corrected chi connectivity index (χ1v) is 8.61. The van der Waals surface area contributed by atoms with Gasteiger partial charge in [-0.25, -0.2) is 4.79 Å². The maximum absolute atomic E-state index is 12.3. The van der Waals surface area contributed by atoms with Crippen LogP contribution in [-0.2, 0) is 14.3 Å². The average Bonchev–Trinajstić information content (AvgIpc) is 3.19. The summed E-state index contributed by atoms with van der Waals surface area (Å²) in [6.07, 6.45) is 8.20. The van der Waals surface area contributed by atoms with Gasteiger partial charge in [0, 0.05) is 11.5 Å². The number of nitrogens with one attached hydrogen (secondary N) is 2. The molecule has 2 amide bonds. The first-order chi connectivity index (χ1) is 12.5. The Morgan fingerprint density at radius 2 is 1.85 bits per heavy atom. The maximum Gasteiger partial charge on any atom is 0.328 e. The molecule has 5 radical (unpaired) electrons. The molecule has 26 heavy (non-hydrogen) atoms. The summed E-state index contributed by atoms with van der Waals surface area (Å²) in [6, 6.07) is 6.47. The van der Waals surface area contributed by atoms with Crippen LogP contribution in [0.3, 0.4) is 0 Å². The van der Waals surface area contributed by atoms with Gasteiger partial charge in [-0.3, -0.25) is 9.59 Å². The second-order valence-electron chi connectivity index (χ2n) is 5.72. The summed E-state index contributed by atoms with van der Waals surface area (Å²) in [7, 11) is 0. The van der Waals surface area contributed by atoms with Crippen molar-refractivity contribution < 1.29 is 19.1 Å². The number of rotatable bonds is 8. The first kappa shape index (κ1) is 19.9. The van der Waals surface area contributed by atoms with Crippen LogP contribution < -0.4 is 10.6 Å². The van der Waals surface area contributed by atoms with Crippen LogP contribution in [0.2, 0.25) is 0 Å². The van der Waals surface area contributed by atoms with E-state index >= 15 is 0 Å². The molecule has 0 heterocycles. The molecule has 0 aliphatic heterocycles. The Bertz CT molecular complexity index is 638. The lowest BCUT2D eigenvalue weighted by Gasteiger charge is -2.15. The standard InChI is InChI=1S/C20H23N2O4/c1-3-17(20(25)26-4-2)22-18(23)13-21-19(24)16-11-7-10-15(12-16)14-8-5-6-9-14/h5-12,17H,3-4,13H2,1-2H3,(H,21,24)(H,22,23)/t17-/m0/s1. The summed E-state index contributed by atoms with van der Waals surface area (Å²) in [5.74, 6) is -0.238. The van der Waals surface area contributed by atoms with Gasteiger partial charge in [-0.05, 0) is 56.7 Å². The monoisotopic (exact) mass is 355 g/mol. The van der Waals surface area contributed by atoms with Gasteiger partial charge in [-0.2, -0.15) is 0 Å². The quantitative estimate of drug-likeness (QED) is 0.694. The number of hydrogen-bond donors (Lipinski definition) is 2. The molecule has 6 nitrogen and oxygen atoms in total. The predicted octanol–water partition coefficient (Wildman–Crippen LogP) is 1.63. The van der Waals surface area contributed by atoms with E-state index in [2.05, 4.69) is 10.6 Å². The van der Waals surface area contributed by atoms with Crippen molar-refractivity contribution in [2.75, 3.05) is 13.2 Å². The van der Waals surface area contributed by atoms with E-state index in [1.807, 2.05) is 31.7 Å². The molecule has 6 heteroatoms. The molecule has 1 saturated carbocycles. The lowest BCUT2D eigenvalue weighted by atomic mass is 9.96. The van der Waals surface area contributed by atoms with Crippen molar-refractivity contribution in [3.63, 3.8) is 0 Å². The van der Waals surface area contributed by atoms with Gasteiger partial charge in [-0.15, -0.1) is 0 Å². The number of carbonyl (C=O) groups excluding carboxylic acids is 3. The van der Waals surface area contributed by atoms with Crippen LogP contribution in [0.5, 0.6) is 0 Å². The van der Waals surface area contributed by atoms with Gasteiger partial charge in [-0.1, -0.05) is 19.1 Å². The smallest absolute Gasteiger partial charge is 0.328 e. The first-order valence-electron chi connectivity index (χ1n) is 8.61. The van der Waals surface area contributed by atoms with Crippen molar-refractivity contribution in [3.8, 4) is 0 Å². The summed E-state index contributed by atoms with van der Waals surface area (Å²) < 4.78 is 4.90. The number of hydrogen-bond acceptors (Lipinski definition) is 4. The summed E-state index contributed by atoms with van der Waals surface area (Å²) in [5.41, 5.74) is 1.40. The third-order valence-electron chi connectivity index (χ3n) is 3.84. The Kier molecular flexibility index (Phi) is 7.63. The Morgan fingerprint density at radius 1 is 1.12 bits per heavy atom. The molecule has 0 unspecified atom stereocenters. The third-order valence-corrected chi connectivity index (χ3v) is 3.84. The molecular weight excluding hydrogens is 332 g/mol. The van der Waals surface area contributed by atoms with Crippen molar-refractivity contribution >= 4 is 17.8 Å². The zero-order valence-electron chi connectivity index (χ0n) is 15.0. The Balaban J connectivity index is 1.86. The molecule has 1 aromatic rings. The van der Waals surface area contributed by atoms with Gasteiger partial charge in [0.15, 0.2) is 0 Å². The molecule has 1 aromatic carbocycles. The molecule has 1 aliphatic carbocycles. The molecule has 0 saturated heterocycles. The molecule has 1 atom stereocenters. The van der Waals surface area contributed by atoms with Gasteiger partial charge in [0.2, 0.25) is 5.91 Å². The lowest BCUT2D eigenvalue weighted by molar-refractivity contribution is -0.147. The van der Waals surface area contributed by atoms with Gasteiger partial charge in [0.05, 0.1) is 13.2 Å². The highest BCUT2D eigenvalue weighted by molar-refractivity contribution is 5.97. The van der Waals surface area contributed by atoms with Crippen LogP contribution in [0.4, 0.5) is 0 Å². The van der Waals surface area contributed by atoms with Gasteiger partial charge in [0.1, 0.15) is 6.04 Å². The molecule has 0 aromatic heterocycles. The Hall–Kier alpha value is -2.37. The van der Waals surface area contributed by atoms with E-state index in [1.54, 1.807) is 32.0 Å². The van der Waals surface area contributed by atoms with E-state index in [9.17, 15) is 14.4 Å². The largest absolute Gasteiger partial charge is 0.464 e. The SMILES string of the molecule is CCOC(=O)[C@H](CC)NC(=O)CNC(=O)c1cccc([C]2[CH][CH][CH][CH]2)c1. The van der Waals surface area contributed by atoms with Crippen molar-refractivity contribution in [1.82, 2.24) is 10.6 Å². The lowest BCUT2D eigenvalue weighted by Crippen LogP contribution is -2.45. The molecular formula is C20H23N2O4. The number of esters is 1. The molecule has 137 valence electrons. The highest BCUT2D eigenvalue weighted by Gasteiger charge is 2.21. The minimum atomic E-state index is -0.708. The summed E-state index contributed by atoms with van der Waals surface area (Å²) in [6.45, 7) is 3.52. The van der Waals surface area contributed by atoms with Gasteiger partial charge < -0.3 is 15.4 Å². The third kappa shape index (κ3) is 5.58. The minimum absolute atomic E-state index is 0.213. The number of ether oxygens (including phenoxy) is 1. The second-order valence-corrected chi connectivity index (χ2v) is 5.72. The fourth-order valence-electron chi connectivity index (χ4n) is 2.48. The predicted molar refractivity (Wildman–Crippen MR) is 97.2 cm³/mol. The van der Waals surface area contributed by atoms with E-state index in [4.69, 9.17) is 4.74 Å². The average molecular weight is 355 g/mol. The maximum atomic E-state index is 12.3. The van der Waals surface area contributed by atoms with E-state index < -0.39 is 17.9 Å². The molecule has 0 bridgehead atoms. The number of amides is 2. The molecule has 1 fully saturated rings. The topological polar surface area (TPSA) is 84.5 Å². The van der Waals surface area contributed by atoms with Crippen LogP contribution in [0, 0.1) is 31.6 Å². The normalized spacial score (nSPS) is 15.3. The molecule has 1 aliphatic rings. The minimum Gasteiger partial charge on any atom is -0.464 e. The van der Waals surface area contributed by atoms with Crippen LogP contribution in [0.15, 0.2) is 24.3 Å². The van der Waals surface area contributed by atoms with E-state index in [-0.39, 0.29) is 19.1 Å². The summed E-state index contributed by atoms with van der Waals surface area (Å²) in [5, 5.41) is 5.13. The van der Waals surface area contributed by atoms with Crippen LogP contribution in [-0.4, -0.2) is 37.0 Å². The number of benzene rings is 1. The van der Waals surface area contributed by atoms with E-state index in [0.29, 0.717) is 12.0 Å². The fraction of sp³-hybridized carbons (Fsp3) is 0.300. The highest BCUT2D eigenvalue weighted by atomic mass is 16.5. The van der Waals surface area contributed by atoms with Crippen LogP contribution >= 0.6 is 0 Å². The van der Waals surface area contributed by atoms with Crippen molar-refractivity contribution in [2.24, 2.45) is 0 Å². The zero-order chi connectivity index (χ0) is 18.9.